The van der Waals surface area contributed by atoms with Crippen molar-refractivity contribution in [2.24, 2.45) is 0 Å². The average molecular weight is 467 g/mol. The van der Waals surface area contributed by atoms with E-state index in [1.54, 1.807) is 6.92 Å². The Morgan fingerprint density at radius 3 is 2.35 bits per heavy atom. The molecule has 0 radical (unpaired) electrons. The maximum Gasteiger partial charge on any atom is 0.336 e. The van der Waals surface area contributed by atoms with E-state index in [-0.39, 0.29) is 0 Å². The lowest BCUT2D eigenvalue weighted by atomic mass is 9.83. The Labute approximate surface area is 192 Å². The SMILES string of the molecule is C1COCCN1.C1COCC[NH2+]1.COC(=O)C1=C(C)NC(=S)C(=C=[N-])C1c1ccsc1. The molecule has 4 heterocycles. The average Bonchev–Trinajstić information content (AvgIpc) is 3.36. The highest BCUT2D eigenvalue weighted by Gasteiger charge is 2.34. The molecule has 3 aliphatic rings. The molecule has 170 valence electrons. The fraction of sp³-hybridized carbons (Fsp3) is 0.524. The van der Waals surface area contributed by atoms with Gasteiger partial charge in [-0.25, -0.2) is 4.79 Å². The van der Waals surface area contributed by atoms with Crippen LogP contribution in [0.1, 0.15) is 18.4 Å². The van der Waals surface area contributed by atoms with Gasteiger partial charge in [-0.15, -0.1) is 0 Å². The second kappa shape index (κ2) is 14.2. The number of allylic oxidation sites excluding steroid dienone is 1. The Morgan fingerprint density at radius 2 is 1.97 bits per heavy atom. The molecule has 0 amide bonds. The molecule has 10 heteroatoms. The summed E-state index contributed by atoms with van der Waals surface area (Å²) in [4.78, 5) is 12.3. The van der Waals surface area contributed by atoms with Gasteiger partial charge < -0.3 is 35.6 Å². The fourth-order valence-electron chi connectivity index (χ4n) is 3.16. The third-order valence-corrected chi connectivity index (χ3v) is 5.73. The molecule has 31 heavy (non-hydrogen) atoms. The maximum absolute atomic E-state index is 12.0. The first-order valence-electron chi connectivity index (χ1n) is 10.2. The van der Waals surface area contributed by atoms with E-state index in [4.69, 9.17) is 26.4 Å². The minimum atomic E-state index is -0.448. The number of hydrogen-bond donors (Lipinski definition) is 3. The molecule has 0 saturated carbocycles. The summed E-state index contributed by atoms with van der Waals surface area (Å²) < 4.78 is 14.9. The number of methoxy groups -OCH3 is 1. The Hall–Kier alpha value is -1.91. The van der Waals surface area contributed by atoms with Crippen LogP contribution in [0.4, 0.5) is 0 Å². The predicted octanol–water partition coefficient (Wildman–Crippen LogP) is 0.561. The van der Waals surface area contributed by atoms with E-state index in [2.05, 4.69) is 21.8 Å². The van der Waals surface area contributed by atoms with Crippen molar-refractivity contribution in [3.8, 4) is 0 Å². The first-order chi connectivity index (χ1) is 15.1. The minimum absolute atomic E-state index is 0.365. The number of quaternary nitrogens is 1. The summed E-state index contributed by atoms with van der Waals surface area (Å²) in [6.07, 6.45) is 0. The number of carbonyl (C=O) groups excluding carboxylic acids is 1. The molecule has 0 bridgehead atoms. The largest absolute Gasteiger partial charge is 0.763 e. The van der Waals surface area contributed by atoms with Gasteiger partial charge in [-0.1, -0.05) is 12.2 Å². The maximum atomic E-state index is 12.0. The number of carbonyl (C=O) groups is 1. The van der Waals surface area contributed by atoms with E-state index < -0.39 is 11.9 Å². The van der Waals surface area contributed by atoms with Crippen LogP contribution in [-0.2, 0) is 19.0 Å². The number of rotatable bonds is 2. The van der Waals surface area contributed by atoms with Gasteiger partial charge in [0.2, 0.25) is 0 Å². The van der Waals surface area contributed by atoms with Crippen LogP contribution in [0.3, 0.4) is 0 Å². The molecule has 0 spiro atoms. The number of hydrogen-bond acceptors (Lipinski definition) is 7. The zero-order chi connectivity index (χ0) is 22.5. The molecule has 4 rings (SSSR count). The van der Waals surface area contributed by atoms with Crippen molar-refractivity contribution in [2.75, 3.05) is 59.7 Å². The third kappa shape index (κ3) is 7.93. The van der Waals surface area contributed by atoms with Gasteiger partial charge in [0, 0.05) is 24.4 Å². The molecule has 1 unspecified atom stereocenters. The molecule has 0 aromatic carbocycles. The zero-order valence-corrected chi connectivity index (χ0v) is 19.6. The number of nitrogens with zero attached hydrogens (tertiary/aromatic N) is 1. The molecule has 4 N–H and O–H groups in total. The number of morpholine rings is 2. The Balaban J connectivity index is 0.000000229. The number of ether oxygens (including phenoxy) is 3. The Bertz CT molecular complexity index is 761. The quantitative estimate of drug-likeness (QED) is 0.253. The van der Waals surface area contributed by atoms with Gasteiger partial charge in [-0.3, -0.25) is 5.87 Å². The molecule has 1 atom stereocenters. The Morgan fingerprint density at radius 1 is 1.29 bits per heavy atom. The van der Waals surface area contributed by atoms with Crippen molar-refractivity contribution < 1.29 is 24.3 Å². The molecule has 1 aromatic rings. The van der Waals surface area contributed by atoms with Gasteiger partial charge in [0.15, 0.2) is 0 Å². The lowest BCUT2D eigenvalue weighted by Crippen LogP contribution is -2.87. The monoisotopic (exact) mass is 466 g/mol. The lowest BCUT2D eigenvalue weighted by molar-refractivity contribution is -0.670. The Kier molecular flexibility index (Phi) is 11.6. The highest BCUT2D eigenvalue weighted by Crippen LogP contribution is 2.37. The van der Waals surface area contributed by atoms with Crippen LogP contribution in [0, 0.1) is 0 Å². The second-order valence-electron chi connectivity index (χ2n) is 6.84. The molecular formula is C21H30N4O4S2. The van der Waals surface area contributed by atoms with Gasteiger partial charge in [0.05, 0.1) is 58.1 Å². The van der Waals surface area contributed by atoms with Crippen LogP contribution in [0.15, 0.2) is 33.7 Å². The number of nitrogens with one attached hydrogen (secondary N) is 2. The smallest absolute Gasteiger partial charge is 0.336 e. The lowest BCUT2D eigenvalue weighted by Gasteiger charge is -2.29. The minimum Gasteiger partial charge on any atom is -0.763 e. The van der Waals surface area contributed by atoms with Crippen molar-refractivity contribution in [1.29, 1.82) is 0 Å². The molecule has 2 saturated heterocycles. The van der Waals surface area contributed by atoms with Crippen molar-refractivity contribution >= 4 is 40.4 Å². The van der Waals surface area contributed by atoms with Gasteiger partial charge in [0.25, 0.3) is 0 Å². The summed E-state index contributed by atoms with van der Waals surface area (Å²) in [5.74, 6) is 1.20. The molecular weight excluding hydrogens is 436 g/mol. The van der Waals surface area contributed by atoms with Crippen LogP contribution in [0.25, 0.3) is 5.41 Å². The van der Waals surface area contributed by atoms with E-state index in [0.29, 0.717) is 21.8 Å². The topological polar surface area (TPSA) is 108 Å². The normalized spacial score (nSPS) is 20.9. The molecule has 0 aliphatic carbocycles. The number of nitrogens with two attached hydrogens (primary N) is 1. The number of thiocarbonyl (C=S) groups is 1. The predicted molar refractivity (Wildman–Crippen MR) is 126 cm³/mol. The second-order valence-corrected chi connectivity index (χ2v) is 8.03. The van der Waals surface area contributed by atoms with E-state index in [1.807, 2.05) is 16.8 Å². The molecule has 1 aromatic heterocycles. The van der Waals surface area contributed by atoms with Gasteiger partial charge in [0.1, 0.15) is 4.99 Å². The summed E-state index contributed by atoms with van der Waals surface area (Å²) in [5, 5.41) is 21.4. The summed E-state index contributed by atoms with van der Waals surface area (Å²) in [6.45, 7) is 9.78. The van der Waals surface area contributed by atoms with E-state index in [1.165, 1.54) is 18.4 Å². The summed E-state index contributed by atoms with van der Waals surface area (Å²) >= 11 is 6.69. The van der Waals surface area contributed by atoms with Crippen molar-refractivity contribution in [1.82, 2.24) is 10.6 Å². The van der Waals surface area contributed by atoms with Crippen LogP contribution in [0.2, 0.25) is 0 Å². The molecule has 8 nitrogen and oxygen atoms in total. The number of esters is 1. The summed E-state index contributed by atoms with van der Waals surface area (Å²) in [7, 11) is 1.33. The number of thiophene rings is 1. The van der Waals surface area contributed by atoms with Crippen LogP contribution in [0.5, 0.6) is 0 Å². The highest BCUT2D eigenvalue weighted by atomic mass is 32.1. The molecule has 3 aliphatic heterocycles. The zero-order valence-electron chi connectivity index (χ0n) is 17.9. The standard InChI is InChI=1S/C13H11N2O2S2.2C4H9NO/c1-7-10(13(16)17-2)11(8-3-4-19-6-8)9(5-14)12(18)15-7;2*1-3-6-4-2-5-1/h3-4,6,11H,1-2H3,(H,15,18);2*5H,1-4H2/q-1;;/p+1. The van der Waals surface area contributed by atoms with E-state index in [0.717, 1.165) is 58.2 Å². The van der Waals surface area contributed by atoms with Crippen molar-refractivity contribution in [2.45, 2.75) is 12.8 Å². The van der Waals surface area contributed by atoms with Crippen molar-refractivity contribution in [3.05, 3.63) is 44.6 Å². The first kappa shape index (κ1) is 25.4. The van der Waals surface area contributed by atoms with E-state index in [9.17, 15) is 10.2 Å². The summed E-state index contributed by atoms with van der Waals surface area (Å²) in [6, 6.07) is 1.89. The van der Waals surface area contributed by atoms with Crippen molar-refractivity contribution in [3.63, 3.8) is 0 Å². The van der Waals surface area contributed by atoms with E-state index >= 15 is 0 Å². The fourth-order valence-corrected chi connectivity index (χ4v) is 4.16. The van der Waals surface area contributed by atoms with Gasteiger partial charge in [-0.2, -0.15) is 11.3 Å². The third-order valence-electron chi connectivity index (χ3n) is 4.71. The van der Waals surface area contributed by atoms with Crippen LogP contribution >= 0.6 is 23.6 Å². The summed E-state index contributed by atoms with van der Waals surface area (Å²) in [5.41, 5.74) is 2.32. The van der Waals surface area contributed by atoms with Gasteiger partial charge >= 0.3 is 5.97 Å². The molecule has 2 fully saturated rings. The van der Waals surface area contributed by atoms with Gasteiger partial charge in [-0.05, 0) is 29.3 Å². The van der Waals surface area contributed by atoms with Crippen LogP contribution < -0.4 is 16.0 Å². The van der Waals surface area contributed by atoms with Crippen LogP contribution in [-0.4, -0.2) is 76.5 Å². The first-order valence-corrected chi connectivity index (χ1v) is 11.5. The highest BCUT2D eigenvalue weighted by molar-refractivity contribution is 7.80.